The molecule has 0 bridgehead atoms. The number of hydrogen-bond acceptors (Lipinski definition) is 6. The summed E-state index contributed by atoms with van der Waals surface area (Å²) < 4.78 is 30.8. The third-order valence-corrected chi connectivity index (χ3v) is 4.77. The Bertz CT molecular complexity index is 957. The van der Waals surface area contributed by atoms with Crippen molar-refractivity contribution >= 4 is 15.8 Å². The number of rotatable bonds is 5. The second-order valence-electron chi connectivity index (χ2n) is 5.23. The number of sulfonamides is 1. The Morgan fingerprint density at radius 2 is 2.00 bits per heavy atom. The molecule has 1 N–H and O–H groups in total. The third-order valence-electron chi connectivity index (χ3n) is 3.37. The largest absolute Gasteiger partial charge is 0.274 e. The van der Waals surface area contributed by atoms with Gasteiger partial charge in [-0.3, -0.25) is 9.40 Å². The molecule has 0 atom stereocenters. The third kappa shape index (κ3) is 3.00. The molecule has 0 saturated carbocycles. The van der Waals surface area contributed by atoms with Crippen molar-refractivity contribution in [2.45, 2.75) is 25.2 Å². The van der Waals surface area contributed by atoms with Crippen LogP contribution < -0.4 is 4.72 Å². The van der Waals surface area contributed by atoms with Crippen molar-refractivity contribution in [3.8, 4) is 5.82 Å². The van der Waals surface area contributed by atoms with Crippen molar-refractivity contribution in [3.63, 3.8) is 0 Å². The molecule has 3 heterocycles. The van der Waals surface area contributed by atoms with E-state index in [4.69, 9.17) is 0 Å². The lowest BCUT2D eigenvalue weighted by molar-refractivity contribution is 0.599. The molecule has 24 heavy (non-hydrogen) atoms. The van der Waals surface area contributed by atoms with Crippen LogP contribution >= 0.6 is 0 Å². The van der Waals surface area contributed by atoms with Crippen LogP contribution in [0.4, 0.5) is 5.82 Å². The van der Waals surface area contributed by atoms with E-state index in [0.29, 0.717) is 17.9 Å². The molecule has 3 aromatic heterocycles. The minimum Gasteiger partial charge on any atom is -0.274 e. The Morgan fingerprint density at radius 1 is 1.21 bits per heavy atom. The molecule has 9 nitrogen and oxygen atoms in total. The summed E-state index contributed by atoms with van der Waals surface area (Å²) in [6.07, 6.45) is 3.48. The highest BCUT2D eigenvalue weighted by Gasteiger charge is 2.23. The Hall–Kier alpha value is -2.75. The highest BCUT2D eigenvalue weighted by atomic mass is 32.2. The lowest BCUT2D eigenvalue weighted by Crippen LogP contribution is -2.17. The Kier molecular flexibility index (Phi) is 4.06. The molecule has 126 valence electrons. The summed E-state index contributed by atoms with van der Waals surface area (Å²) in [5.74, 6) is 0.698. The van der Waals surface area contributed by atoms with Crippen molar-refractivity contribution < 1.29 is 8.42 Å². The van der Waals surface area contributed by atoms with E-state index in [0.717, 1.165) is 5.69 Å². The minimum absolute atomic E-state index is 0.148. The summed E-state index contributed by atoms with van der Waals surface area (Å²) in [4.78, 5) is 0.148. The average Bonchev–Trinajstić information content (AvgIpc) is 3.14. The summed E-state index contributed by atoms with van der Waals surface area (Å²) in [6, 6.07) is 5.05. The normalized spacial score (nSPS) is 11.6. The smallest absolute Gasteiger partial charge is 0.266 e. The predicted octanol–water partition coefficient (Wildman–Crippen LogP) is 1.07. The van der Waals surface area contributed by atoms with Crippen LogP contribution in [0.3, 0.4) is 0 Å². The second-order valence-corrected chi connectivity index (χ2v) is 6.88. The fourth-order valence-electron chi connectivity index (χ4n) is 2.24. The topological polar surface area (TPSA) is 108 Å². The minimum atomic E-state index is -3.79. The number of anilines is 1. The quantitative estimate of drug-likeness (QED) is 0.739. The van der Waals surface area contributed by atoms with Crippen LogP contribution in [0.1, 0.15) is 18.3 Å². The fourth-order valence-corrected chi connectivity index (χ4v) is 3.57. The van der Waals surface area contributed by atoms with E-state index < -0.39 is 10.0 Å². The van der Waals surface area contributed by atoms with Crippen LogP contribution in [0.5, 0.6) is 0 Å². The van der Waals surface area contributed by atoms with Gasteiger partial charge in [0.15, 0.2) is 5.82 Å². The first kappa shape index (κ1) is 16.1. The van der Waals surface area contributed by atoms with Gasteiger partial charge in [-0.05, 0) is 25.5 Å². The first-order valence-electron chi connectivity index (χ1n) is 7.31. The second kappa shape index (κ2) is 6.04. The van der Waals surface area contributed by atoms with E-state index in [-0.39, 0.29) is 10.7 Å². The molecule has 0 saturated heterocycles. The molecular weight excluding hydrogens is 330 g/mol. The number of nitrogens with one attached hydrogen (secondary N) is 1. The Morgan fingerprint density at radius 3 is 2.67 bits per heavy atom. The van der Waals surface area contributed by atoms with Crippen LogP contribution in [-0.2, 0) is 23.5 Å². The van der Waals surface area contributed by atoms with Gasteiger partial charge in [0.1, 0.15) is 10.7 Å². The molecule has 3 rings (SSSR count). The molecule has 3 aromatic rings. The van der Waals surface area contributed by atoms with Crippen molar-refractivity contribution in [3.05, 3.63) is 42.0 Å². The Labute approximate surface area is 139 Å². The lowest BCUT2D eigenvalue weighted by atomic mass is 10.3. The maximum Gasteiger partial charge on any atom is 0.266 e. The maximum absolute atomic E-state index is 12.7. The summed E-state index contributed by atoms with van der Waals surface area (Å²) in [7, 11) is -2.10. The summed E-state index contributed by atoms with van der Waals surface area (Å²) in [5.41, 5.74) is 1.27. The molecule has 0 spiro atoms. The molecule has 0 radical (unpaired) electrons. The monoisotopic (exact) mass is 347 g/mol. The molecule has 0 fully saturated rings. The summed E-state index contributed by atoms with van der Waals surface area (Å²) in [6.45, 7) is 3.67. The van der Waals surface area contributed by atoms with Crippen molar-refractivity contribution in [2.24, 2.45) is 7.05 Å². The zero-order valence-electron chi connectivity index (χ0n) is 13.5. The molecule has 0 amide bonds. The highest BCUT2D eigenvalue weighted by molar-refractivity contribution is 7.92. The van der Waals surface area contributed by atoms with Gasteiger partial charge in [0.25, 0.3) is 10.0 Å². The van der Waals surface area contributed by atoms with Gasteiger partial charge in [-0.1, -0.05) is 6.92 Å². The van der Waals surface area contributed by atoms with Gasteiger partial charge in [-0.2, -0.15) is 20.0 Å². The van der Waals surface area contributed by atoms with E-state index in [1.807, 2.05) is 13.8 Å². The average molecular weight is 347 g/mol. The van der Waals surface area contributed by atoms with E-state index >= 15 is 0 Å². The number of nitrogens with zero attached hydrogens (tertiary/aromatic N) is 6. The first-order valence-corrected chi connectivity index (χ1v) is 8.79. The fraction of sp³-hybridized carbons (Fsp3) is 0.286. The van der Waals surface area contributed by atoms with E-state index in [1.165, 1.54) is 21.8 Å². The maximum atomic E-state index is 12.7. The standard InChI is InChI=1S/C14H17N7O2S/c1-4-11-12(9-20(3)18-11)24(22,23)19-14-7-8-15-21(14)13-6-5-10(2)16-17-13/h5-9,19H,4H2,1-3H3. The van der Waals surface area contributed by atoms with Gasteiger partial charge >= 0.3 is 0 Å². The van der Waals surface area contributed by atoms with Gasteiger partial charge in [0, 0.05) is 19.3 Å². The van der Waals surface area contributed by atoms with Crippen molar-refractivity contribution in [2.75, 3.05) is 4.72 Å². The number of hydrogen-bond donors (Lipinski definition) is 1. The first-order chi connectivity index (χ1) is 11.4. The highest BCUT2D eigenvalue weighted by Crippen LogP contribution is 2.20. The van der Waals surface area contributed by atoms with E-state index in [1.54, 1.807) is 25.2 Å². The molecule has 0 aromatic carbocycles. The van der Waals surface area contributed by atoms with E-state index in [2.05, 4.69) is 25.1 Å². The molecule has 0 aliphatic rings. The predicted molar refractivity (Wildman–Crippen MR) is 87.3 cm³/mol. The van der Waals surface area contributed by atoms with Crippen LogP contribution in [0.2, 0.25) is 0 Å². The van der Waals surface area contributed by atoms with Gasteiger partial charge in [-0.15, -0.1) is 5.10 Å². The van der Waals surface area contributed by atoms with Crippen LogP contribution in [0, 0.1) is 6.92 Å². The molecular formula is C14H17N7O2S. The molecule has 0 aliphatic heterocycles. The van der Waals surface area contributed by atoms with E-state index in [9.17, 15) is 8.42 Å². The zero-order valence-corrected chi connectivity index (χ0v) is 14.3. The molecule has 0 unspecified atom stereocenters. The van der Waals surface area contributed by atoms with Gasteiger partial charge in [-0.25, -0.2) is 8.42 Å². The summed E-state index contributed by atoms with van der Waals surface area (Å²) in [5, 5.41) is 16.3. The van der Waals surface area contributed by atoms with Crippen molar-refractivity contribution in [1.29, 1.82) is 0 Å². The van der Waals surface area contributed by atoms with Gasteiger partial charge in [0.2, 0.25) is 0 Å². The van der Waals surface area contributed by atoms with Crippen LogP contribution in [0.15, 0.2) is 35.5 Å². The van der Waals surface area contributed by atoms with Crippen LogP contribution in [0.25, 0.3) is 5.82 Å². The number of aromatic nitrogens is 6. The van der Waals surface area contributed by atoms with Crippen LogP contribution in [-0.4, -0.2) is 38.2 Å². The van der Waals surface area contributed by atoms with Gasteiger partial charge in [0.05, 0.1) is 17.6 Å². The number of aryl methyl sites for hydroxylation is 3. The lowest BCUT2D eigenvalue weighted by Gasteiger charge is -2.09. The summed E-state index contributed by atoms with van der Waals surface area (Å²) >= 11 is 0. The SMILES string of the molecule is CCc1nn(C)cc1S(=O)(=O)Nc1ccnn1-c1ccc(C)nn1. The Balaban J connectivity index is 1.97. The zero-order chi connectivity index (χ0) is 17.3. The van der Waals surface area contributed by atoms with Gasteiger partial charge < -0.3 is 0 Å². The van der Waals surface area contributed by atoms with Crippen molar-refractivity contribution in [1.82, 2.24) is 29.8 Å². The molecule has 0 aliphatic carbocycles. The molecule has 10 heteroatoms.